The van der Waals surface area contributed by atoms with E-state index in [1.165, 1.54) is 23.1 Å². The van der Waals surface area contributed by atoms with Crippen molar-refractivity contribution in [2.75, 3.05) is 13.2 Å². The monoisotopic (exact) mass is 295 g/mol. The van der Waals surface area contributed by atoms with Crippen LogP contribution in [0.1, 0.15) is 29.8 Å². The van der Waals surface area contributed by atoms with Gasteiger partial charge in [-0.3, -0.25) is 4.79 Å². The van der Waals surface area contributed by atoms with Gasteiger partial charge >= 0.3 is 5.97 Å². The molecule has 0 aliphatic heterocycles. The fourth-order valence-electron chi connectivity index (χ4n) is 1.83. The number of aliphatic hydroxyl groups excluding tert-OH is 1. The van der Waals surface area contributed by atoms with Crippen LogP contribution in [-0.4, -0.2) is 46.2 Å². The van der Waals surface area contributed by atoms with Crippen LogP contribution in [0.4, 0.5) is 4.39 Å². The topological polar surface area (TPSA) is 77.8 Å². The van der Waals surface area contributed by atoms with Crippen molar-refractivity contribution in [3.8, 4) is 0 Å². The number of halogens is 1. The van der Waals surface area contributed by atoms with Gasteiger partial charge < -0.3 is 15.1 Å². The van der Waals surface area contributed by atoms with Crippen LogP contribution in [0, 0.1) is 5.82 Å². The summed E-state index contributed by atoms with van der Waals surface area (Å²) in [5, 5.41) is 17.6. The number of rotatable bonds is 6. The molecule has 0 saturated heterocycles. The Morgan fingerprint density at radius 3 is 2.57 bits per heavy atom. The summed E-state index contributed by atoms with van der Waals surface area (Å²) in [6, 6.07) is 3.61. The first-order valence-electron chi connectivity index (χ1n) is 6.49. The average molecular weight is 295 g/mol. The van der Waals surface area contributed by atoms with Crippen LogP contribution in [0.2, 0.25) is 0 Å². The van der Waals surface area contributed by atoms with E-state index in [2.05, 4.69) is 0 Å². The maximum atomic E-state index is 13.8. The first-order chi connectivity index (χ1) is 9.86. The Morgan fingerprint density at radius 1 is 1.38 bits per heavy atom. The molecular formula is C15H18FNO4. The molecule has 21 heavy (non-hydrogen) atoms. The molecule has 1 aromatic carbocycles. The smallest absolute Gasteiger partial charge is 0.328 e. The van der Waals surface area contributed by atoms with Gasteiger partial charge in [0.15, 0.2) is 0 Å². The standard InChI is InChI=1S/C15H18FNO4/c1-10(2)17(7-8-18)15(21)12-9-11(3-5-13(12)16)4-6-14(19)20/h3-6,9-10,18H,7-8H2,1-2H3,(H,19,20). The predicted molar refractivity (Wildman–Crippen MR) is 76.3 cm³/mol. The maximum Gasteiger partial charge on any atom is 0.328 e. The van der Waals surface area contributed by atoms with Gasteiger partial charge in [0.1, 0.15) is 5.82 Å². The quantitative estimate of drug-likeness (QED) is 0.784. The molecule has 0 fully saturated rings. The molecule has 6 heteroatoms. The van der Waals surface area contributed by atoms with Gasteiger partial charge in [-0.2, -0.15) is 0 Å². The van der Waals surface area contributed by atoms with Crippen molar-refractivity contribution < 1.29 is 24.2 Å². The van der Waals surface area contributed by atoms with Crippen molar-refractivity contribution in [3.63, 3.8) is 0 Å². The number of aliphatic hydroxyl groups is 1. The van der Waals surface area contributed by atoms with Crippen molar-refractivity contribution in [2.24, 2.45) is 0 Å². The van der Waals surface area contributed by atoms with Gasteiger partial charge in [0.05, 0.1) is 12.2 Å². The Labute approximate surface area is 122 Å². The highest BCUT2D eigenvalue weighted by Crippen LogP contribution is 2.16. The molecule has 0 aromatic heterocycles. The molecule has 0 atom stereocenters. The van der Waals surface area contributed by atoms with Crippen LogP contribution < -0.4 is 0 Å². The molecule has 5 nitrogen and oxygen atoms in total. The van der Waals surface area contributed by atoms with E-state index in [0.717, 1.165) is 12.1 Å². The van der Waals surface area contributed by atoms with Crippen molar-refractivity contribution in [2.45, 2.75) is 19.9 Å². The second kappa shape index (κ2) is 7.54. The minimum absolute atomic E-state index is 0.102. The van der Waals surface area contributed by atoms with E-state index in [1.54, 1.807) is 13.8 Å². The fraction of sp³-hybridized carbons (Fsp3) is 0.333. The summed E-state index contributed by atoms with van der Waals surface area (Å²) in [4.78, 5) is 24.1. The zero-order chi connectivity index (χ0) is 16.0. The van der Waals surface area contributed by atoms with Gasteiger partial charge in [0, 0.05) is 18.7 Å². The molecule has 114 valence electrons. The van der Waals surface area contributed by atoms with Gasteiger partial charge in [0.2, 0.25) is 0 Å². The fourth-order valence-corrected chi connectivity index (χ4v) is 1.83. The molecule has 0 spiro atoms. The van der Waals surface area contributed by atoms with E-state index >= 15 is 0 Å². The second-order valence-electron chi connectivity index (χ2n) is 4.73. The molecule has 0 heterocycles. The summed E-state index contributed by atoms with van der Waals surface area (Å²) in [7, 11) is 0. The first kappa shape index (κ1) is 16.8. The lowest BCUT2D eigenvalue weighted by Crippen LogP contribution is -2.39. The third-order valence-electron chi connectivity index (χ3n) is 2.86. The summed E-state index contributed by atoms with van der Waals surface area (Å²) < 4.78 is 13.8. The normalized spacial score (nSPS) is 11.1. The van der Waals surface area contributed by atoms with E-state index in [-0.39, 0.29) is 24.8 Å². The Hall–Kier alpha value is -2.21. The van der Waals surface area contributed by atoms with Gasteiger partial charge in [-0.05, 0) is 37.6 Å². The highest BCUT2D eigenvalue weighted by molar-refractivity contribution is 5.95. The number of hydrogen-bond donors (Lipinski definition) is 2. The van der Waals surface area contributed by atoms with Gasteiger partial charge in [-0.1, -0.05) is 6.07 Å². The van der Waals surface area contributed by atoms with Crippen LogP contribution in [0.3, 0.4) is 0 Å². The summed E-state index contributed by atoms with van der Waals surface area (Å²) in [5.41, 5.74) is 0.263. The predicted octanol–water partition coefficient (Wildman–Crippen LogP) is 1.77. The number of carbonyl (C=O) groups excluding carboxylic acids is 1. The van der Waals surface area contributed by atoms with Crippen LogP contribution in [0.15, 0.2) is 24.3 Å². The largest absolute Gasteiger partial charge is 0.478 e. The summed E-state index contributed by atoms with van der Waals surface area (Å²) >= 11 is 0. The second-order valence-corrected chi connectivity index (χ2v) is 4.73. The minimum Gasteiger partial charge on any atom is -0.478 e. The molecule has 1 amide bonds. The zero-order valence-electron chi connectivity index (χ0n) is 11.9. The van der Waals surface area contributed by atoms with Crippen molar-refractivity contribution in [1.29, 1.82) is 0 Å². The van der Waals surface area contributed by atoms with Gasteiger partial charge in [-0.25, -0.2) is 9.18 Å². The average Bonchev–Trinajstić information content (AvgIpc) is 2.42. The number of carbonyl (C=O) groups is 2. The number of carboxylic acids is 1. The summed E-state index contributed by atoms with van der Waals surface area (Å²) in [6.45, 7) is 3.41. The number of carboxylic acid groups (broad SMARTS) is 1. The molecule has 0 aliphatic rings. The lowest BCUT2D eigenvalue weighted by atomic mass is 10.1. The maximum absolute atomic E-state index is 13.8. The molecule has 0 saturated carbocycles. The van der Waals surface area contributed by atoms with E-state index in [0.29, 0.717) is 5.56 Å². The number of aliphatic carboxylic acids is 1. The van der Waals surface area contributed by atoms with Crippen LogP contribution >= 0.6 is 0 Å². The third kappa shape index (κ3) is 4.68. The van der Waals surface area contributed by atoms with Gasteiger partial charge in [0.25, 0.3) is 5.91 Å². The zero-order valence-corrected chi connectivity index (χ0v) is 11.9. The van der Waals surface area contributed by atoms with E-state index in [1.807, 2.05) is 0 Å². The van der Waals surface area contributed by atoms with E-state index in [9.17, 15) is 14.0 Å². The summed E-state index contributed by atoms with van der Waals surface area (Å²) in [5.74, 6) is -2.35. The number of amides is 1. The number of nitrogens with zero attached hydrogens (tertiary/aromatic N) is 1. The molecule has 0 unspecified atom stereocenters. The van der Waals surface area contributed by atoms with Crippen LogP contribution in [0.5, 0.6) is 0 Å². The Bertz CT molecular complexity index is 555. The minimum atomic E-state index is -1.13. The Balaban J connectivity index is 3.13. The van der Waals surface area contributed by atoms with E-state index in [4.69, 9.17) is 10.2 Å². The number of benzene rings is 1. The SMILES string of the molecule is CC(C)N(CCO)C(=O)c1cc(C=CC(=O)O)ccc1F. The van der Waals surface area contributed by atoms with Crippen LogP contribution in [0.25, 0.3) is 6.08 Å². The molecule has 2 N–H and O–H groups in total. The van der Waals surface area contributed by atoms with Crippen LogP contribution in [-0.2, 0) is 4.79 Å². The lowest BCUT2D eigenvalue weighted by molar-refractivity contribution is -0.131. The Morgan fingerprint density at radius 2 is 2.05 bits per heavy atom. The highest BCUT2D eigenvalue weighted by Gasteiger charge is 2.21. The Kier molecular flexibility index (Phi) is 6.05. The highest BCUT2D eigenvalue weighted by atomic mass is 19.1. The molecule has 0 radical (unpaired) electrons. The number of hydrogen-bond acceptors (Lipinski definition) is 3. The van der Waals surface area contributed by atoms with Crippen molar-refractivity contribution in [3.05, 3.63) is 41.2 Å². The molecule has 1 rings (SSSR count). The van der Waals surface area contributed by atoms with Crippen molar-refractivity contribution >= 4 is 18.0 Å². The van der Waals surface area contributed by atoms with Crippen molar-refractivity contribution in [1.82, 2.24) is 4.90 Å². The third-order valence-corrected chi connectivity index (χ3v) is 2.86. The molecule has 1 aromatic rings. The summed E-state index contributed by atoms with van der Waals surface area (Å²) in [6.07, 6.45) is 2.19. The molecular weight excluding hydrogens is 277 g/mol. The first-order valence-corrected chi connectivity index (χ1v) is 6.49. The van der Waals surface area contributed by atoms with Gasteiger partial charge in [-0.15, -0.1) is 0 Å². The van der Waals surface area contributed by atoms with E-state index < -0.39 is 17.7 Å². The molecule has 0 bridgehead atoms. The molecule has 0 aliphatic carbocycles. The lowest BCUT2D eigenvalue weighted by Gasteiger charge is -2.26.